The number of hydrogen-bond donors (Lipinski definition) is 0. The Balaban J connectivity index is 3.01. The van der Waals surface area contributed by atoms with Gasteiger partial charge in [0.25, 0.3) is 0 Å². The molecule has 1 nitrogen and oxygen atoms in total. The molecule has 1 aromatic carbocycles. The highest BCUT2D eigenvalue weighted by Gasteiger charge is 1.96. The van der Waals surface area contributed by atoms with Crippen LogP contribution in [0.5, 0.6) is 5.75 Å². The van der Waals surface area contributed by atoms with Crippen molar-refractivity contribution in [1.82, 2.24) is 0 Å². The summed E-state index contributed by atoms with van der Waals surface area (Å²) in [7, 11) is 0. The number of rotatable bonds is 1. The standard InChI is InChI=1S/C7H7OS/c1-9-7-5-3-2-4-6(7)8/h2-5H,1H3. The summed E-state index contributed by atoms with van der Waals surface area (Å²) in [6.45, 7) is 0. The van der Waals surface area contributed by atoms with Crippen LogP contribution in [-0.2, 0) is 5.11 Å². The van der Waals surface area contributed by atoms with E-state index in [0.717, 1.165) is 4.90 Å². The topological polar surface area (TPSA) is 19.9 Å². The maximum Gasteiger partial charge on any atom is 0.192 e. The van der Waals surface area contributed by atoms with Crippen molar-refractivity contribution in [3.05, 3.63) is 24.3 Å². The van der Waals surface area contributed by atoms with E-state index in [1.165, 1.54) is 11.8 Å². The van der Waals surface area contributed by atoms with Crippen LogP contribution in [0.4, 0.5) is 0 Å². The smallest absolute Gasteiger partial charge is 0.192 e. The van der Waals surface area contributed by atoms with Crippen molar-refractivity contribution >= 4 is 11.8 Å². The summed E-state index contributed by atoms with van der Waals surface area (Å²) in [5.74, 6) is 0.116. The Morgan fingerprint density at radius 2 is 2.00 bits per heavy atom. The molecule has 0 unspecified atom stereocenters. The van der Waals surface area contributed by atoms with Gasteiger partial charge in [0, 0.05) is 0 Å². The lowest BCUT2D eigenvalue weighted by atomic mass is 10.3. The van der Waals surface area contributed by atoms with E-state index < -0.39 is 0 Å². The molecule has 0 atom stereocenters. The van der Waals surface area contributed by atoms with E-state index in [2.05, 4.69) is 0 Å². The zero-order valence-corrected chi connectivity index (χ0v) is 5.94. The SMILES string of the molecule is CSc1ccccc1[O]. The Morgan fingerprint density at radius 1 is 1.33 bits per heavy atom. The fourth-order valence-corrected chi connectivity index (χ4v) is 1.10. The second-order valence-electron chi connectivity index (χ2n) is 1.65. The van der Waals surface area contributed by atoms with Gasteiger partial charge in [0.1, 0.15) is 0 Å². The molecule has 0 bridgehead atoms. The highest BCUT2D eigenvalue weighted by Crippen LogP contribution is 2.25. The highest BCUT2D eigenvalue weighted by atomic mass is 32.2. The average Bonchev–Trinajstić information content (AvgIpc) is 1.89. The molecule has 0 aliphatic carbocycles. The van der Waals surface area contributed by atoms with Gasteiger partial charge in [0.05, 0.1) is 4.90 Å². The lowest BCUT2D eigenvalue weighted by Gasteiger charge is -1.93. The lowest BCUT2D eigenvalue weighted by molar-refractivity contribution is 0.344. The van der Waals surface area contributed by atoms with E-state index in [-0.39, 0.29) is 5.75 Å². The first-order valence-corrected chi connectivity index (χ1v) is 3.87. The van der Waals surface area contributed by atoms with E-state index in [9.17, 15) is 5.11 Å². The number of hydrogen-bond acceptors (Lipinski definition) is 1. The monoisotopic (exact) mass is 139 g/mol. The van der Waals surface area contributed by atoms with Crippen molar-refractivity contribution in [3.63, 3.8) is 0 Å². The summed E-state index contributed by atoms with van der Waals surface area (Å²) >= 11 is 1.48. The van der Waals surface area contributed by atoms with Crippen molar-refractivity contribution in [3.8, 4) is 5.75 Å². The molecule has 0 saturated heterocycles. The van der Waals surface area contributed by atoms with E-state index >= 15 is 0 Å². The predicted molar refractivity (Wildman–Crippen MR) is 38.4 cm³/mol. The normalized spacial score (nSPS) is 9.44. The molecule has 0 fully saturated rings. The van der Waals surface area contributed by atoms with Crippen LogP contribution in [0.25, 0.3) is 0 Å². The van der Waals surface area contributed by atoms with E-state index in [4.69, 9.17) is 0 Å². The van der Waals surface area contributed by atoms with Crippen LogP contribution in [-0.4, -0.2) is 6.26 Å². The third kappa shape index (κ3) is 1.39. The van der Waals surface area contributed by atoms with Crippen LogP contribution in [0.15, 0.2) is 29.2 Å². The quantitative estimate of drug-likeness (QED) is 0.547. The molecule has 0 aromatic heterocycles. The van der Waals surface area contributed by atoms with Gasteiger partial charge in [-0.2, -0.15) is 0 Å². The van der Waals surface area contributed by atoms with E-state index in [0.29, 0.717) is 0 Å². The molecule has 0 heterocycles. The third-order valence-electron chi connectivity index (χ3n) is 1.07. The Hall–Kier alpha value is -0.630. The van der Waals surface area contributed by atoms with Crippen molar-refractivity contribution < 1.29 is 5.11 Å². The molecule has 1 aromatic rings. The van der Waals surface area contributed by atoms with Crippen molar-refractivity contribution in [2.24, 2.45) is 0 Å². The van der Waals surface area contributed by atoms with Gasteiger partial charge in [-0.1, -0.05) is 12.1 Å². The molecular formula is C7H7OS. The van der Waals surface area contributed by atoms with Gasteiger partial charge in [0.15, 0.2) is 5.75 Å². The van der Waals surface area contributed by atoms with Crippen LogP contribution >= 0.6 is 11.8 Å². The maximum atomic E-state index is 10.8. The minimum Gasteiger partial charge on any atom is -0.289 e. The van der Waals surface area contributed by atoms with Gasteiger partial charge in [-0.3, -0.25) is 5.11 Å². The first kappa shape index (κ1) is 6.49. The predicted octanol–water partition coefficient (Wildman–Crippen LogP) is 2.55. The second kappa shape index (κ2) is 2.78. The fourth-order valence-electron chi connectivity index (χ4n) is 0.619. The maximum absolute atomic E-state index is 10.8. The molecule has 1 radical (unpaired) electrons. The first-order chi connectivity index (χ1) is 4.34. The molecule has 0 spiro atoms. The summed E-state index contributed by atoms with van der Waals surface area (Å²) < 4.78 is 0. The summed E-state index contributed by atoms with van der Waals surface area (Å²) in [6.07, 6.45) is 1.90. The molecule has 2 heteroatoms. The Bertz CT molecular complexity index is 198. The first-order valence-electron chi connectivity index (χ1n) is 2.64. The molecule has 47 valence electrons. The Morgan fingerprint density at radius 3 is 2.44 bits per heavy atom. The second-order valence-corrected chi connectivity index (χ2v) is 2.50. The zero-order valence-electron chi connectivity index (χ0n) is 5.13. The largest absolute Gasteiger partial charge is 0.289 e. The van der Waals surface area contributed by atoms with Crippen LogP contribution in [0.2, 0.25) is 0 Å². The van der Waals surface area contributed by atoms with Crippen LogP contribution in [0.3, 0.4) is 0 Å². The molecule has 0 N–H and O–H groups in total. The molecule has 0 aliphatic rings. The summed E-state index contributed by atoms with van der Waals surface area (Å²) in [4.78, 5) is 0.817. The zero-order chi connectivity index (χ0) is 6.69. The fraction of sp³-hybridized carbons (Fsp3) is 0.143. The van der Waals surface area contributed by atoms with Gasteiger partial charge >= 0.3 is 0 Å². The van der Waals surface area contributed by atoms with Crippen molar-refractivity contribution in [2.45, 2.75) is 4.90 Å². The van der Waals surface area contributed by atoms with Crippen LogP contribution in [0, 0.1) is 0 Å². The van der Waals surface area contributed by atoms with Gasteiger partial charge in [-0.15, -0.1) is 11.8 Å². The van der Waals surface area contributed by atoms with Crippen molar-refractivity contribution in [2.75, 3.05) is 6.26 Å². The summed E-state index contributed by atoms with van der Waals surface area (Å²) in [6, 6.07) is 7.02. The van der Waals surface area contributed by atoms with Gasteiger partial charge < -0.3 is 0 Å². The molecule has 0 amide bonds. The van der Waals surface area contributed by atoms with Crippen molar-refractivity contribution in [1.29, 1.82) is 0 Å². The highest BCUT2D eigenvalue weighted by molar-refractivity contribution is 7.98. The third-order valence-corrected chi connectivity index (χ3v) is 1.85. The molecule has 0 saturated carbocycles. The van der Waals surface area contributed by atoms with Gasteiger partial charge in [0.2, 0.25) is 0 Å². The number of benzene rings is 1. The summed E-state index contributed by atoms with van der Waals surface area (Å²) in [5, 5.41) is 10.8. The van der Waals surface area contributed by atoms with E-state index in [1.54, 1.807) is 12.1 Å². The number of thioether (sulfide) groups is 1. The number of para-hydroxylation sites is 1. The lowest BCUT2D eigenvalue weighted by Crippen LogP contribution is -1.67. The molecular weight excluding hydrogens is 132 g/mol. The summed E-state index contributed by atoms with van der Waals surface area (Å²) in [5.41, 5.74) is 0. The minimum absolute atomic E-state index is 0.116. The average molecular weight is 139 g/mol. The van der Waals surface area contributed by atoms with Crippen LogP contribution in [0.1, 0.15) is 0 Å². The molecule has 1 rings (SSSR count). The Kier molecular flexibility index (Phi) is 2.01. The van der Waals surface area contributed by atoms with Crippen LogP contribution < -0.4 is 0 Å². The molecule has 0 aliphatic heterocycles. The Labute approximate surface area is 58.7 Å². The van der Waals surface area contributed by atoms with Gasteiger partial charge in [-0.05, 0) is 18.4 Å². The molecule has 9 heavy (non-hydrogen) atoms. The minimum atomic E-state index is 0.116. The van der Waals surface area contributed by atoms with E-state index in [1.807, 2.05) is 18.4 Å². The van der Waals surface area contributed by atoms with Gasteiger partial charge in [-0.25, -0.2) is 0 Å².